The summed E-state index contributed by atoms with van der Waals surface area (Å²) in [4.78, 5) is 0. The van der Waals surface area contributed by atoms with Crippen LogP contribution < -0.4 is 9.47 Å². The highest BCUT2D eigenvalue weighted by Gasteiger charge is 2.29. The fourth-order valence-electron chi connectivity index (χ4n) is 4.13. The third-order valence-corrected chi connectivity index (χ3v) is 6.46. The first kappa shape index (κ1) is 30.4. The molecule has 0 N–H and O–H groups in total. The van der Waals surface area contributed by atoms with Crippen LogP contribution in [0.15, 0.2) is 48.5 Å². The first-order valence-electron chi connectivity index (χ1n) is 13.4. The maximum atomic E-state index is 14.9. The molecule has 0 bridgehead atoms. The summed E-state index contributed by atoms with van der Waals surface area (Å²) in [6.07, 6.45) is 1.15. The van der Waals surface area contributed by atoms with Gasteiger partial charge in [0, 0.05) is 17.2 Å². The van der Waals surface area contributed by atoms with Crippen LogP contribution in [0.1, 0.15) is 69.7 Å². The smallest absolute Gasteiger partial charge is 0.169 e. The Morgan fingerprint density at radius 1 is 0.718 bits per heavy atom. The van der Waals surface area contributed by atoms with Crippen molar-refractivity contribution >= 4 is 0 Å². The number of alkyl halides is 2. The molecule has 3 aromatic rings. The summed E-state index contributed by atoms with van der Waals surface area (Å²) in [5.74, 6) is -4.41. The van der Waals surface area contributed by atoms with Gasteiger partial charge in [0.15, 0.2) is 35.5 Å². The van der Waals surface area contributed by atoms with Crippen molar-refractivity contribution in [2.45, 2.75) is 71.1 Å². The molecule has 2 nitrogen and oxygen atoms in total. The van der Waals surface area contributed by atoms with Crippen molar-refractivity contribution in [3.05, 3.63) is 82.9 Å². The van der Waals surface area contributed by atoms with E-state index in [1.807, 2.05) is 6.92 Å². The van der Waals surface area contributed by atoms with E-state index in [2.05, 4.69) is 6.92 Å². The average Bonchev–Trinajstić information content (AvgIpc) is 2.92. The lowest BCUT2D eigenvalue weighted by molar-refractivity contribution is 0.104. The number of rotatable bonds is 15. The van der Waals surface area contributed by atoms with Crippen LogP contribution in [0.3, 0.4) is 0 Å². The van der Waals surface area contributed by atoms with E-state index in [9.17, 15) is 26.3 Å². The van der Waals surface area contributed by atoms with Crippen LogP contribution in [0.4, 0.5) is 26.3 Å². The first-order valence-corrected chi connectivity index (χ1v) is 13.4. The van der Waals surface area contributed by atoms with E-state index in [0.717, 1.165) is 62.8 Å². The number of halogens is 6. The molecule has 3 rings (SSSR count). The van der Waals surface area contributed by atoms with E-state index >= 15 is 0 Å². The van der Waals surface area contributed by atoms with Crippen molar-refractivity contribution in [1.29, 1.82) is 0 Å². The van der Waals surface area contributed by atoms with Gasteiger partial charge in [-0.3, -0.25) is 0 Å². The van der Waals surface area contributed by atoms with Crippen LogP contribution >= 0.6 is 0 Å². The van der Waals surface area contributed by atoms with Gasteiger partial charge >= 0.3 is 0 Å². The largest absolute Gasteiger partial charge is 0.493 e. The molecule has 3 aromatic carbocycles. The minimum Gasteiger partial charge on any atom is -0.493 e. The topological polar surface area (TPSA) is 18.5 Å². The molecular weight excluding hydrogens is 518 g/mol. The minimum absolute atomic E-state index is 0.0842. The molecule has 0 saturated carbocycles. The van der Waals surface area contributed by atoms with Gasteiger partial charge < -0.3 is 9.47 Å². The summed E-state index contributed by atoms with van der Waals surface area (Å²) in [7, 11) is 0. The Morgan fingerprint density at radius 2 is 1.49 bits per heavy atom. The van der Waals surface area contributed by atoms with Crippen molar-refractivity contribution in [2.75, 3.05) is 13.2 Å². The Morgan fingerprint density at radius 3 is 2.18 bits per heavy atom. The van der Waals surface area contributed by atoms with Crippen LogP contribution in [-0.4, -0.2) is 19.4 Å². The highest BCUT2D eigenvalue weighted by atomic mass is 19.2. The third kappa shape index (κ3) is 8.16. The SMILES string of the molecule is CCCCCCc1ccc(-c2ccc(C(F)C(F)COc3ccc(OCCCC)cc3F)c(F)c2F)cc1F. The molecule has 0 fully saturated rings. The van der Waals surface area contributed by atoms with Crippen molar-refractivity contribution in [3.63, 3.8) is 0 Å². The van der Waals surface area contributed by atoms with Gasteiger partial charge in [0.1, 0.15) is 18.2 Å². The van der Waals surface area contributed by atoms with Crippen molar-refractivity contribution in [1.82, 2.24) is 0 Å². The zero-order valence-corrected chi connectivity index (χ0v) is 22.2. The molecule has 0 aliphatic carbocycles. The third-order valence-electron chi connectivity index (χ3n) is 6.46. The van der Waals surface area contributed by atoms with E-state index < -0.39 is 47.8 Å². The van der Waals surface area contributed by atoms with E-state index in [1.54, 1.807) is 0 Å². The number of hydrogen-bond acceptors (Lipinski definition) is 2. The van der Waals surface area contributed by atoms with Gasteiger partial charge in [0.05, 0.1) is 6.61 Å². The summed E-state index contributed by atoms with van der Waals surface area (Å²) in [5, 5.41) is 0. The zero-order chi connectivity index (χ0) is 28.4. The second-order valence-corrected chi connectivity index (χ2v) is 9.47. The summed E-state index contributed by atoms with van der Waals surface area (Å²) in [6, 6.07) is 9.85. The molecule has 0 radical (unpaired) electrons. The lowest BCUT2D eigenvalue weighted by atomic mass is 9.97. The summed E-state index contributed by atoms with van der Waals surface area (Å²) in [5.41, 5.74) is -0.553. The fourth-order valence-corrected chi connectivity index (χ4v) is 4.13. The molecule has 0 amide bonds. The van der Waals surface area contributed by atoms with E-state index in [-0.39, 0.29) is 22.6 Å². The normalized spacial score (nSPS) is 12.8. The maximum Gasteiger partial charge on any atom is 0.169 e. The Kier molecular flexibility index (Phi) is 11.6. The van der Waals surface area contributed by atoms with Gasteiger partial charge in [-0.2, -0.15) is 0 Å². The number of unbranched alkanes of at least 4 members (excludes halogenated alkanes) is 4. The number of benzene rings is 3. The van der Waals surface area contributed by atoms with Gasteiger partial charge in [-0.25, -0.2) is 26.3 Å². The van der Waals surface area contributed by atoms with Gasteiger partial charge in [-0.15, -0.1) is 0 Å². The predicted molar refractivity (Wildman–Crippen MR) is 141 cm³/mol. The molecule has 2 unspecified atom stereocenters. The summed E-state index contributed by atoms with van der Waals surface area (Å²) >= 11 is 0. The summed E-state index contributed by atoms with van der Waals surface area (Å²) in [6.45, 7) is 3.54. The quantitative estimate of drug-likeness (QED) is 0.138. The first-order chi connectivity index (χ1) is 18.8. The molecule has 0 aliphatic rings. The molecular formula is C31H34F6O2. The number of aryl methyl sites for hydroxylation is 1. The van der Waals surface area contributed by atoms with Crippen LogP contribution in [0.5, 0.6) is 11.5 Å². The van der Waals surface area contributed by atoms with Crippen molar-refractivity contribution < 1.29 is 35.8 Å². The molecule has 39 heavy (non-hydrogen) atoms. The van der Waals surface area contributed by atoms with E-state index in [4.69, 9.17) is 9.47 Å². The Balaban J connectivity index is 1.66. The highest BCUT2D eigenvalue weighted by molar-refractivity contribution is 5.65. The van der Waals surface area contributed by atoms with Crippen molar-refractivity contribution in [3.8, 4) is 22.6 Å². The molecule has 0 spiro atoms. The summed E-state index contributed by atoms with van der Waals surface area (Å²) < 4.78 is 98.3. The highest BCUT2D eigenvalue weighted by Crippen LogP contribution is 2.34. The lowest BCUT2D eigenvalue weighted by Crippen LogP contribution is -2.20. The van der Waals surface area contributed by atoms with Gasteiger partial charge in [0.2, 0.25) is 0 Å². The van der Waals surface area contributed by atoms with E-state index in [0.29, 0.717) is 18.6 Å². The minimum atomic E-state index is -2.57. The molecule has 0 heterocycles. The molecule has 0 aliphatic heterocycles. The zero-order valence-electron chi connectivity index (χ0n) is 22.2. The Bertz CT molecular complexity index is 1220. The second kappa shape index (κ2) is 14.8. The van der Waals surface area contributed by atoms with Crippen LogP contribution in [0, 0.1) is 23.3 Å². The molecule has 212 valence electrons. The Labute approximate surface area is 226 Å². The molecule has 8 heteroatoms. The molecule has 0 aromatic heterocycles. The standard InChI is InChI=1S/C31H34F6O2/c1-3-5-7-8-9-20-10-11-21(17-25(20)32)23-13-14-24(31(37)30(23)36)29(35)27(34)19-39-28-15-12-22(18-26(28)33)38-16-6-4-2/h10-15,17-18,27,29H,3-9,16,19H2,1-2H3. The van der Waals surface area contributed by atoms with E-state index in [1.165, 1.54) is 24.3 Å². The molecule has 0 saturated heterocycles. The van der Waals surface area contributed by atoms with Crippen molar-refractivity contribution in [2.24, 2.45) is 0 Å². The Hall–Kier alpha value is -3.16. The number of ether oxygens (including phenoxy) is 2. The van der Waals surface area contributed by atoms with Crippen LogP contribution in [-0.2, 0) is 6.42 Å². The lowest BCUT2D eigenvalue weighted by Gasteiger charge is -2.17. The molecule has 2 atom stereocenters. The average molecular weight is 553 g/mol. The van der Waals surface area contributed by atoms with Gasteiger partial charge in [-0.05, 0) is 48.6 Å². The van der Waals surface area contributed by atoms with Crippen LogP contribution in [0.25, 0.3) is 11.1 Å². The van der Waals surface area contributed by atoms with Crippen LogP contribution in [0.2, 0.25) is 0 Å². The number of hydrogen-bond donors (Lipinski definition) is 0. The second-order valence-electron chi connectivity index (χ2n) is 9.47. The maximum absolute atomic E-state index is 14.9. The monoisotopic (exact) mass is 552 g/mol. The van der Waals surface area contributed by atoms with Gasteiger partial charge in [-0.1, -0.05) is 63.8 Å². The fraction of sp³-hybridized carbons (Fsp3) is 0.419. The predicted octanol–water partition coefficient (Wildman–Crippen LogP) is 9.64. The van der Waals surface area contributed by atoms with Gasteiger partial charge in [0.25, 0.3) is 0 Å².